The second-order valence-corrected chi connectivity index (χ2v) is 8.00. The van der Waals surface area contributed by atoms with Crippen molar-refractivity contribution in [1.82, 2.24) is 19.1 Å². The maximum absolute atomic E-state index is 12.7. The summed E-state index contributed by atoms with van der Waals surface area (Å²) in [6.07, 6.45) is -1.04. The monoisotopic (exact) mass is 494 g/mol. The predicted octanol–water partition coefficient (Wildman–Crippen LogP) is 1.41. The van der Waals surface area contributed by atoms with E-state index in [1.807, 2.05) is 0 Å². The van der Waals surface area contributed by atoms with Crippen LogP contribution >= 0.6 is 0 Å². The summed E-state index contributed by atoms with van der Waals surface area (Å²) < 4.78 is 13.4. The molecule has 12 heteroatoms. The molecule has 0 radical (unpaired) electrons. The molecule has 188 valence electrons. The molecule has 0 saturated carbocycles. The molecule has 12 nitrogen and oxygen atoms in total. The van der Waals surface area contributed by atoms with Crippen LogP contribution in [0.3, 0.4) is 0 Å². The zero-order valence-electron chi connectivity index (χ0n) is 19.9. The van der Waals surface area contributed by atoms with E-state index in [4.69, 9.17) is 9.47 Å². The fourth-order valence-corrected chi connectivity index (χ4v) is 3.60. The van der Waals surface area contributed by atoms with Crippen LogP contribution in [0.15, 0.2) is 63.2 Å². The number of aliphatic hydroxyl groups is 1. The number of phenolic OH excluding ortho intramolecular Hbond substituents is 1. The molecule has 0 fully saturated rings. The summed E-state index contributed by atoms with van der Waals surface area (Å²) >= 11 is 0. The Hall–Kier alpha value is -4.58. The van der Waals surface area contributed by atoms with Gasteiger partial charge in [-0.15, -0.1) is 0 Å². The molecule has 0 aliphatic heterocycles. The molecule has 36 heavy (non-hydrogen) atoms. The number of benzene rings is 2. The Kier molecular flexibility index (Phi) is 7.06. The van der Waals surface area contributed by atoms with Crippen molar-refractivity contribution in [2.45, 2.75) is 19.6 Å². The summed E-state index contributed by atoms with van der Waals surface area (Å²) in [7, 11) is 3.04. The molecule has 4 rings (SSSR count). The molecular weight excluding hydrogens is 468 g/mol. The van der Waals surface area contributed by atoms with Gasteiger partial charge in [-0.25, -0.2) is 10.2 Å². The number of aryl methyl sites for hydroxylation is 1. The third kappa shape index (κ3) is 5.08. The standard InChI is InChI=1S/C24H26N6O6/c1-14(18-6-4-5-7-19(18)32)27-28-23-25-21-20(22(33)26-24(34)29(21)2)30(23)12-15(31)13-36-17-10-8-16(35-3)9-11-17/h4-11,15,31-32H,12-13H2,1-3H3,(H,25,28)(H,26,33,34)/b27-14-/t15-/m1/s1. The van der Waals surface area contributed by atoms with Crippen molar-refractivity contribution in [3.63, 3.8) is 0 Å². The van der Waals surface area contributed by atoms with Crippen molar-refractivity contribution in [2.24, 2.45) is 12.1 Å². The highest BCUT2D eigenvalue weighted by atomic mass is 16.5. The van der Waals surface area contributed by atoms with Crippen molar-refractivity contribution in [1.29, 1.82) is 0 Å². The maximum Gasteiger partial charge on any atom is 0.329 e. The van der Waals surface area contributed by atoms with Crippen molar-refractivity contribution < 1.29 is 19.7 Å². The molecule has 0 aliphatic rings. The second kappa shape index (κ2) is 10.4. The van der Waals surface area contributed by atoms with E-state index in [1.54, 1.807) is 56.5 Å². The lowest BCUT2D eigenvalue weighted by molar-refractivity contribution is 0.0938. The van der Waals surface area contributed by atoms with Crippen LogP contribution in [-0.2, 0) is 13.6 Å². The molecule has 4 aromatic rings. The van der Waals surface area contributed by atoms with E-state index in [-0.39, 0.29) is 36.0 Å². The lowest BCUT2D eigenvalue weighted by atomic mass is 10.1. The number of para-hydroxylation sites is 1. The van der Waals surface area contributed by atoms with Crippen molar-refractivity contribution >= 4 is 22.8 Å². The number of hydrogen-bond acceptors (Lipinski definition) is 9. The van der Waals surface area contributed by atoms with E-state index < -0.39 is 17.4 Å². The highest BCUT2D eigenvalue weighted by Crippen LogP contribution is 2.20. The Bertz CT molecular complexity index is 1520. The largest absolute Gasteiger partial charge is 0.507 e. The average molecular weight is 495 g/mol. The number of hydrogen-bond donors (Lipinski definition) is 4. The lowest BCUT2D eigenvalue weighted by Gasteiger charge is -2.15. The summed E-state index contributed by atoms with van der Waals surface area (Å²) in [6.45, 7) is 1.53. The third-order valence-electron chi connectivity index (χ3n) is 5.52. The Morgan fingerprint density at radius 2 is 1.86 bits per heavy atom. The summed E-state index contributed by atoms with van der Waals surface area (Å²) in [4.78, 5) is 31.4. The molecule has 0 amide bonds. The molecule has 0 unspecified atom stereocenters. The van der Waals surface area contributed by atoms with E-state index in [0.29, 0.717) is 22.8 Å². The van der Waals surface area contributed by atoms with Gasteiger partial charge in [-0.2, -0.15) is 10.1 Å². The first-order valence-electron chi connectivity index (χ1n) is 11.0. The molecule has 0 spiro atoms. The first kappa shape index (κ1) is 24.5. The average Bonchev–Trinajstić information content (AvgIpc) is 3.23. The van der Waals surface area contributed by atoms with Crippen LogP contribution in [0.4, 0.5) is 5.95 Å². The number of aromatic amines is 1. The molecule has 1 atom stereocenters. The van der Waals surface area contributed by atoms with E-state index in [9.17, 15) is 19.8 Å². The number of H-pyrrole nitrogens is 1. The van der Waals surface area contributed by atoms with Gasteiger partial charge in [-0.05, 0) is 43.3 Å². The number of aromatic hydroxyl groups is 1. The summed E-state index contributed by atoms with van der Waals surface area (Å²) in [6, 6.07) is 13.6. The fourth-order valence-electron chi connectivity index (χ4n) is 3.60. The molecule has 0 aliphatic carbocycles. The smallest absolute Gasteiger partial charge is 0.329 e. The van der Waals surface area contributed by atoms with Gasteiger partial charge < -0.3 is 24.3 Å². The van der Waals surface area contributed by atoms with E-state index in [1.165, 1.54) is 22.2 Å². The Labute approximate surface area is 205 Å². The minimum absolute atomic E-state index is 0.0546. The second-order valence-electron chi connectivity index (χ2n) is 8.00. The normalized spacial score (nSPS) is 12.5. The topological polar surface area (TPSA) is 156 Å². The van der Waals surface area contributed by atoms with Crippen LogP contribution in [0.25, 0.3) is 11.2 Å². The van der Waals surface area contributed by atoms with E-state index in [0.717, 1.165) is 0 Å². The quantitative estimate of drug-likeness (QED) is 0.201. The highest BCUT2D eigenvalue weighted by Gasteiger charge is 2.20. The van der Waals surface area contributed by atoms with E-state index >= 15 is 0 Å². The van der Waals surface area contributed by atoms with Crippen LogP contribution in [0.1, 0.15) is 12.5 Å². The highest BCUT2D eigenvalue weighted by molar-refractivity contribution is 6.01. The first-order chi connectivity index (χ1) is 17.3. The van der Waals surface area contributed by atoms with Gasteiger partial charge in [0, 0.05) is 12.6 Å². The van der Waals surface area contributed by atoms with Gasteiger partial charge in [0.2, 0.25) is 5.95 Å². The number of anilines is 1. The van der Waals surface area contributed by atoms with Crippen molar-refractivity contribution in [2.75, 3.05) is 19.1 Å². The number of ether oxygens (including phenoxy) is 2. The number of rotatable bonds is 9. The zero-order valence-corrected chi connectivity index (χ0v) is 19.9. The van der Waals surface area contributed by atoms with Crippen LogP contribution in [0.2, 0.25) is 0 Å². The predicted molar refractivity (Wildman–Crippen MR) is 134 cm³/mol. The zero-order chi connectivity index (χ0) is 25.8. The Morgan fingerprint density at radius 1 is 1.17 bits per heavy atom. The number of aromatic nitrogens is 4. The van der Waals surface area contributed by atoms with Gasteiger partial charge in [0.25, 0.3) is 5.56 Å². The van der Waals surface area contributed by atoms with Crippen molar-refractivity contribution in [3.8, 4) is 17.2 Å². The lowest BCUT2D eigenvalue weighted by Crippen LogP contribution is -2.30. The minimum atomic E-state index is -1.04. The number of nitrogens with one attached hydrogen (secondary N) is 2. The third-order valence-corrected chi connectivity index (χ3v) is 5.52. The van der Waals surface area contributed by atoms with Gasteiger partial charge in [-0.3, -0.25) is 14.3 Å². The molecular formula is C24H26N6O6. The molecule has 2 heterocycles. The number of aliphatic hydroxyl groups excluding tert-OH is 1. The van der Waals surface area contributed by atoms with Gasteiger partial charge in [-0.1, -0.05) is 12.1 Å². The molecule has 0 saturated heterocycles. The van der Waals surface area contributed by atoms with Crippen LogP contribution < -0.4 is 26.1 Å². The number of imidazole rings is 1. The number of methoxy groups -OCH3 is 1. The molecule has 0 bridgehead atoms. The SMILES string of the molecule is COc1ccc(OC[C@H](O)Cn2c(N/N=C(/C)c3ccccc3O)nc3c2c(=O)[nH]c(=O)n3C)cc1. The fraction of sp³-hybridized carbons (Fsp3) is 0.250. The Morgan fingerprint density at radius 3 is 2.56 bits per heavy atom. The van der Waals surface area contributed by atoms with Crippen LogP contribution in [-0.4, -0.2) is 54.8 Å². The number of hydrazone groups is 1. The van der Waals surface area contributed by atoms with Gasteiger partial charge >= 0.3 is 5.69 Å². The summed E-state index contributed by atoms with van der Waals surface area (Å²) in [5, 5.41) is 25.1. The molecule has 2 aromatic heterocycles. The van der Waals surface area contributed by atoms with Crippen molar-refractivity contribution in [3.05, 3.63) is 74.9 Å². The van der Waals surface area contributed by atoms with Crippen LogP contribution in [0, 0.1) is 0 Å². The first-order valence-corrected chi connectivity index (χ1v) is 11.0. The Balaban J connectivity index is 1.63. The van der Waals surface area contributed by atoms with Gasteiger partial charge in [0.15, 0.2) is 11.2 Å². The summed E-state index contributed by atoms with van der Waals surface area (Å²) in [5.74, 6) is 1.38. The van der Waals surface area contributed by atoms with Gasteiger partial charge in [0.05, 0.1) is 19.4 Å². The maximum atomic E-state index is 12.7. The van der Waals surface area contributed by atoms with E-state index in [2.05, 4.69) is 20.5 Å². The minimum Gasteiger partial charge on any atom is -0.507 e. The number of nitrogens with zero attached hydrogens (tertiary/aromatic N) is 4. The summed E-state index contributed by atoms with van der Waals surface area (Å²) in [5.41, 5.74) is 2.67. The number of phenols is 1. The molecule has 4 N–H and O–H groups in total. The number of fused-ring (bicyclic) bond motifs is 1. The molecule has 2 aromatic carbocycles. The van der Waals surface area contributed by atoms with Crippen LogP contribution in [0.5, 0.6) is 17.2 Å². The van der Waals surface area contributed by atoms with Gasteiger partial charge in [0.1, 0.15) is 30.0 Å².